The molecule has 44 heavy (non-hydrogen) atoms. The predicted octanol–water partition coefficient (Wildman–Crippen LogP) is 7.91. The molecule has 220 valence electrons. The summed E-state index contributed by atoms with van der Waals surface area (Å²) >= 11 is 8.95. The molecular formula is C34H27ClN4O3S2. The summed E-state index contributed by atoms with van der Waals surface area (Å²) in [6.07, 6.45) is 1.64. The molecule has 0 aliphatic rings. The highest BCUT2D eigenvalue weighted by atomic mass is 35.5. The summed E-state index contributed by atoms with van der Waals surface area (Å²) in [7, 11) is 0. The Bertz CT molecular complexity index is 1820. The van der Waals surface area contributed by atoms with Crippen molar-refractivity contribution in [1.82, 2.24) is 10.3 Å². The van der Waals surface area contributed by atoms with E-state index in [0.717, 1.165) is 21.6 Å². The maximum Gasteiger partial charge on any atom is 0.272 e. The summed E-state index contributed by atoms with van der Waals surface area (Å²) in [5.74, 6) is -0.855. The highest BCUT2D eigenvalue weighted by Gasteiger charge is 2.16. The minimum Gasteiger partial charge on any atom is -0.321 e. The van der Waals surface area contributed by atoms with Gasteiger partial charge >= 0.3 is 0 Å². The number of thiazole rings is 1. The van der Waals surface area contributed by atoms with Gasteiger partial charge in [0.15, 0.2) is 5.13 Å². The van der Waals surface area contributed by atoms with Crippen molar-refractivity contribution in [3.05, 3.63) is 136 Å². The molecule has 1 aromatic heterocycles. The Hall–Kier alpha value is -4.70. The van der Waals surface area contributed by atoms with Crippen LogP contribution in [-0.2, 0) is 9.59 Å². The lowest BCUT2D eigenvalue weighted by atomic mass is 10.1. The van der Waals surface area contributed by atoms with E-state index in [2.05, 4.69) is 20.9 Å². The molecule has 0 aliphatic carbocycles. The summed E-state index contributed by atoms with van der Waals surface area (Å²) in [4.78, 5) is 44.0. The second-order valence-electron chi connectivity index (χ2n) is 9.63. The van der Waals surface area contributed by atoms with E-state index in [1.807, 2.05) is 73.0 Å². The SMILES string of the molecule is Cc1cccc(/C=C(\NC(=O)c2ccccc2)C(=O)Nc2ccc(SCC(=O)Nc3nc(-c4ccccc4Cl)cs3)cc2)c1. The molecule has 5 aromatic rings. The van der Waals surface area contributed by atoms with Gasteiger partial charge in [0.1, 0.15) is 5.70 Å². The summed E-state index contributed by atoms with van der Waals surface area (Å²) < 4.78 is 0. The lowest BCUT2D eigenvalue weighted by Gasteiger charge is -2.12. The van der Waals surface area contributed by atoms with E-state index in [0.29, 0.717) is 27.1 Å². The number of aromatic nitrogens is 1. The average molecular weight is 639 g/mol. The average Bonchev–Trinajstić information content (AvgIpc) is 3.49. The van der Waals surface area contributed by atoms with Gasteiger partial charge in [0.2, 0.25) is 5.91 Å². The molecule has 0 spiro atoms. The Morgan fingerprint density at radius 2 is 1.64 bits per heavy atom. The van der Waals surface area contributed by atoms with E-state index in [9.17, 15) is 14.4 Å². The number of nitrogens with zero attached hydrogens (tertiary/aromatic N) is 1. The lowest BCUT2D eigenvalue weighted by Crippen LogP contribution is -2.30. The van der Waals surface area contributed by atoms with E-state index in [-0.39, 0.29) is 23.3 Å². The van der Waals surface area contributed by atoms with E-state index in [1.165, 1.54) is 23.1 Å². The smallest absolute Gasteiger partial charge is 0.272 e. The molecule has 0 fully saturated rings. The van der Waals surface area contributed by atoms with E-state index >= 15 is 0 Å². The number of anilines is 2. The van der Waals surface area contributed by atoms with Gasteiger partial charge in [-0.05, 0) is 61.0 Å². The molecule has 0 aliphatic heterocycles. The molecule has 0 saturated carbocycles. The molecule has 1 heterocycles. The van der Waals surface area contributed by atoms with Gasteiger partial charge < -0.3 is 16.0 Å². The summed E-state index contributed by atoms with van der Waals surface area (Å²) in [6, 6.07) is 30.9. The van der Waals surface area contributed by atoms with Crippen molar-refractivity contribution >= 4 is 69.3 Å². The number of hydrogen-bond donors (Lipinski definition) is 3. The number of thioether (sulfide) groups is 1. The second kappa shape index (κ2) is 14.7. The molecule has 0 atom stereocenters. The fourth-order valence-electron chi connectivity index (χ4n) is 4.13. The van der Waals surface area contributed by atoms with Gasteiger partial charge in [-0.2, -0.15) is 0 Å². The van der Waals surface area contributed by atoms with Crippen LogP contribution in [-0.4, -0.2) is 28.5 Å². The van der Waals surface area contributed by atoms with Crippen LogP contribution >= 0.6 is 34.7 Å². The van der Waals surface area contributed by atoms with Gasteiger partial charge in [-0.3, -0.25) is 14.4 Å². The molecular weight excluding hydrogens is 612 g/mol. The molecule has 5 rings (SSSR count). The fourth-order valence-corrected chi connectivity index (χ4v) is 5.79. The second-order valence-corrected chi connectivity index (χ2v) is 11.9. The van der Waals surface area contributed by atoms with Crippen LogP contribution in [0.4, 0.5) is 10.8 Å². The van der Waals surface area contributed by atoms with Gasteiger partial charge in [0, 0.05) is 32.1 Å². The first-order chi connectivity index (χ1) is 21.3. The molecule has 4 aromatic carbocycles. The monoisotopic (exact) mass is 638 g/mol. The van der Waals surface area contributed by atoms with Crippen LogP contribution in [0, 0.1) is 6.92 Å². The number of aryl methyl sites for hydroxylation is 1. The largest absolute Gasteiger partial charge is 0.321 e. The number of halogens is 1. The number of carbonyl (C=O) groups excluding carboxylic acids is 3. The fraction of sp³-hybridized carbons (Fsp3) is 0.0588. The van der Waals surface area contributed by atoms with Gasteiger partial charge in [0.05, 0.1) is 11.4 Å². The quantitative estimate of drug-likeness (QED) is 0.107. The van der Waals surface area contributed by atoms with Crippen molar-refractivity contribution in [2.75, 3.05) is 16.4 Å². The van der Waals surface area contributed by atoms with Crippen molar-refractivity contribution in [2.45, 2.75) is 11.8 Å². The number of hydrogen-bond acceptors (Lipinski definition) is 6. The Kier molecular flexibility index (Phi) is 10.2. The van der Waals surface area contributed by atoms with Gasteiger partial charge in [-0.25, -0.2) is 4.98 Å². The third-order valence-corrected chi connectivity index (χ3v) is 8.36. The van der Waals surface area contributed by atoms with Crippen molar-refractivity contribution < 1.29 is 14.4 Å². The zero-order chi connectivity index (χ0) is 30.9. The highest BCUT2D eigenvalue weighted by Crippen LogP contribution is 2.30. The Morgan fingerprint density at radius 3 is 2.39 bits per heavy atom. The van der Waals surface area contributed by atoms with Crippen molar-refractivity contribution in [3.8, 4) is 11.3 Å². The Balaban J connectivity index is 1.19. The summed E-state index contributed by atoms with van der Waals surface area (Å²) in [5, 5.41) is 11.4. The van der Waals surface area contributed by atoms with Crippen molar-refractivity contribution in [2.24, 2.45) is 0 Å². The molecule has 0 bridgehead atoms. The van der Waals surface area contributed by atoms with E-state index in [1.54, 1.807) is 48.5 Å². The maximum absolute atomic E-state index is 13.3. The van der Waals surface area contributed by atoms with Crippen LogP contribution in [0.3, 0.4) is 0 Å². The normalized spacial score (nSPS) is 11.1. The zero-order valence-electron chi connectivity index (χ0n) is 23.5. The number of nitrogens with one attached hydrogen (secondary N) is 3. The Morgan fingerprint density at radius 1 is 0.886 bits per heavy atom. The first kappa shape index (κ1) is 30.7. The third-order valence-electron chi connectivity index (χ3n) is 6.26. The predicted molar refractivity (Wildman–Crippen MR) is 180 cm³/mol. The molecule has 0 saturated heterocycles. The number of rotatable bonds is 10. The number of carbonyl (C=O) groups is 3. The van der Waals surface area contributed by atoms with Gasteiger partial charge in [-0.1, -0.05) is 77.8 Å². The summed E-state index contributed by atoms with van der Waals surface area (Å²) in [5.41, 5.74) is 4.43. The zero-order valence-corrected chi connectivity index (χ0v) is 25.9. The van der Waals surface area contributed by atoms with E-state index < -0.39 is 5.91 Å². The van der Waals surface area contributed by atoms with Crippen molar-refractivity contribution in [1.29, 1.82) is 0 Å². The Labute approximate surface area is 268 Å². The van der Waals surface area contributed by atoms with Crippen molar-refractivity contribution in [3.63, 3.8) is 0 Å². The number of benzene rings is 4. The maximum atomic E-state index is 13.3. The molecule has 10 heteroatoms. The van der Waals surface area contributed by atoms with Gasteiger partial charge in [0.25, 0.3) is 11.8 Å². The van der Waals surface area contributed by atoms with Crippen LogP contribution in [0.2, 0.25) is 5.02 Å². The molecule has 0 unspecified atom stereocenters. The minimum atomic E-state index is -0.463. The van der Waals surface area contributed by atoms with Crippen LogP contribution < -0.4 is 16.0 Å². The first-order valence-electron chi connectivity index (χ1n) is 13.5. The topological polar surface area (TPSA) is 100 Å². The first-order valence-corrected chi connectivity index (χ1v) is 15.8. The molecule has 3 N–H and O–H groups in total. The minimum absolute atomic E-state index is 0.111. The standard InChI is InChI=1S/C34H27ClN4O3S2/c1-22-8-7-9-23(18-22)19-29(37-32(41)24-10-3-2-4-11-24)33(42)36-25-14-16-26(17-15-25)43-21-31(40)39-34-38-30(20-44-34)27-12-5-6-13-28(27)35/h2-20H,21H2,1H3,(H,36,42)(H,37,41)(H,38,39,40)/b29-19-. The van der Waals surface area contributed by atoms with E-state index in [4.69, 9.17) is 11.6 Å². The summed E-state index contributed by atoms with van der Waals surface area (Å²) in [6.45, 7) is 1.96. The molecule has 3 amide bonds. The molecule has 7 nitrogen and oxygen atoms in total. The van der Waals surface area contributed by atoms with Crippen LogP contribution in [0.15, 0.2) is 119 Å². The lowest BCUT2D eigenvalue weighted by molar-refractivity contribution is -0.114. The van der Waals surface area contributed by atoms with Crippen LogP contribution in [0.5, 0.6) is 0 Å². The van der Waals surface area contributed by atoms with Crippen LogP contribution in [0.25, 0.3) is 17.3 Å². The number of amides is 3. The van der Waals surface area contributed by atoms with Crippen LogP contribution in [0.1, 0.15) is 21.5 Å². The third kappa shape index (κ3) is 8.44. The highest BCUT2D eigenvalue weighted by molar-refractivity contribution is 8.00. The molecule has 0 radical (unpaired) electrons. The van der Waals surface area contributed by atoms with Gasteiger partial charge in [-0.15, -0.1) is 23.1 Å².